The van der Waals surface area contributed by atoms with Crippen molar-refractivity contribution in [2.45, 2.75) is 13.3 Å². The summed E-state index contributed by atoms with van der Waals surface area (Å²) in [5.41, 5.74) is 2.44. The van der Waals surface area contributed by atoms with Gasteiger partial charge < -0.3 is 10.1 Å². The zero-order valence-electron chi connectivity index (χ0n) is 12.9. The van der Waals surface area contributed by atoms with Gasteiger partial charge in [-0.15, -0.1) is 0 Å². The van der Waals surface area contributed by atoms with Crippen LogP contribution in [-0.4, -0.2) is 13.2 Å². The van der Waals surface area contributed by atoms with Crippen LogP contribution in [-0.2, 0) is 0 Å². The molecule has 0 aliphatic carbocycles. The van der Waals surface area contributed by atoms with Crippen molar-refractivity contribution >= 4 is 16.5 Å². The molecule has 1 N–H and O–H groups in total. The van der Waals surface area contributed by atoms with Crippen molar-refractivity contribution in [1.82, 2.24) is 0 Å². The van der Waals surface area contributed by atoms with Gasteiger partial charge in [-0.1, -0.05) is 54.1 Å². The summed E-state index contributed by atoms with van der Waals surface area (Å²) in [6.45, 7) is 3.71. The topological polar surface area (TPSA) is 21.3 Å². The summed E-state index contributed by atoms with van der Waals surface area (Å²) in [7, 11) is 0. The highest BCUT2D eigenvalue weighted by Crippen LogP contribution is 2.22. The smallest absolute Gasteiger partial charge is 0.119 e. The van der Waals surface area contributed by atoms with Crippen LogP contribution in [0.25, 0.3) is 10.8 Å². The van der Waals surface area contributed by atoms with Crippen LogP contribution in [0.2, 0.25) is 0 Å². The van der Waals surface area contributed by atoms with Crippen LogP contribution in [0, 0.1) is 6.92 Å². The van der Waals surface area contributed by atoms with Crippen molar-refractivity contribution in [3.05, 3.63) is 72.3 Å². The van der Waals surface area contributed by atoms with E-state index in [9.17, 15) is 0 Å². The molecule has 22 heavy (non-hydrogen) atoms. The van der Waals surface area contributed by atoms with Gasteiger partial charge in [0.1, 0.15) is 5.75 Å². The fourth-order valence-electron chi connectivity index (χ4n) is 2.50. The molecular weight excluding hydrogens is 270 g/mol. The van der Waals surface area contributed by atoms with E-state index < -0.39 is 0 Å². The fraction of sp³-hybridized carbons (Fsp3) is 0.200. The largest absolute Gasteiger partial charge is 0.494 e. The van der Waals surface area contributed by atoms with E-state index in [1.807, 2.05) is 12.1 Å². The summed E-state index contributed by atoms with van der Waals surface area (Å²) >= 11 is 0. The van der Waals surface area contributed by atoms with Crippen LogP contribution in [0.4, 0.5) is 5.69 Å². The van der Waals surface area contributed by atoms with E-state index in [1.54, 1.807) is 0 Å². The van der Waals surface area contributed by atoms with Gasteiger partial charge in [0.15, 0.2) is 0 Å². The molecule has 0 aromatic heterocycles. The average Bonchev–Trinajstić information content (AvgIpc) is 2.56. The molecule has 0 amide bonds. The molecule has 3 rings (SSSR count). The number of aryl methyl sites for hydroxylation is 1. The lowest BCUT2D eigenvalue weighted by molar-refractivity contribution is 0.315. The number of fused-ring (bicyclic) bond motifs is 1. The second-order valence-electron chi connectivity index (χ2n) is 5.47. The highest BCUT2D eigenvalue weighted by Gasteiger charge is 1.99. The van der Waals surface area contributed by atoms with Crippen LogP contribution in [0.15, 0.2) is 66.7 Å². The predicted molar refractivity (Wildman–Crippen MR) is 93.7 cm³/mol. The van der Waals surface area contributed by atoms with E-state index in [0.717, 1.165) is 25.3 Å². The van der Waals surface area contributed by atoms with Gasteiger partial charge in [-0.05, 0) is 36.9 Å². The molecule has 0 radical (unpaired) electrons. The second-order valence-corrected chi connectivity index (χ2v) is 5.47. The summed E-state index contributed by atoms with van der Waals surface area (Å²) in [5.74, 6) is 0.941. The minimum Gasteiger partial charge on any atom is -0.494 e. The third-order valence-electron chi connectivity index (χ3n) is 3.72. The first-order valence-electron chi connectivity index (χ1n) is 7.74. The lowest BCUT2D eigenvalue weighted by atomic mass is 10.1. The number of rotatable bonds is 6. The van der Waals surface area contributed by atoms with Crippen LogP contribution in [0.3, 0.4) is 0 Å². The molecule has 2 heteroatoms. The molecule has 0 saturated carbocycles. The highest BCUT2D eigenvalue weighted by atomic mass is 16.5. The van der Waals surface area contributed by atoms with E-state index in [4.69, 9.17) is 4.74 Å². The van der Waals surface area contributed by atoms with Crippen molar-refractivity contribution in [1.29, 1.82) is 0 Å². The van der Waals surface area contributed by atoms with Crippen LogP contribution >= 0.6 is 0 Å². The maximum absolute atomic E-state index is 5.75. The molecule has 0 heterocycles. The van der Waals surface area contributed by atoms with Crippen molar-refractivity contribution < 1.29 is 4.74 Å². The first-order valence-corrected chi connectivity index (χ1v) is 7.74. The Labute approximate surface area is 131 Å². The number of anilines is 1. The van der Waals surface area contributed by atoms with E-state index in [-0.39, 0.29) is 0 Å². The van der Waals surface area contributed by atoms with Gasteiger partial charge in [-0.25, -0.2) is 0 Å². The summed E-state index contributed by atoms with van der Waals surface area (Å²) in [5, 5.41) is 6.04. The van der Waals surface area contributed by atoms with Gasteiger partial charge in [0.25, 0.3) is 0 Å². The molecule has 0 spiro atoms. The molecule has 3 aromatic rings. The standard InChI is InChI=1S/C20H21NO/c1-16-10-12-18(13-11-16)22-15-5-14-21-20-9-4-7-17-6-2-3-8-19(17)20/h2-4,6-13,21H,5,14-15H2,1H3. The average molecular weight is 291 g/mol. The molecule has 0 unspecified atom stereocenters. The van der Waals surface area contributed by atoms with Gasteiger partial charge in [-0.3, -0.25) is 0 Å². The van der Waals surface area contributed by atoms with Crippen molar-refractivity contribution in [2.75, 3.05) is 18.5 Å². The first-order chi connectivity index (χ1) is 10.8. The van der Waals surface area contributed by atoms with Crippen LogP contribution in [0.5, 0.6) is 5.75 Å². The molecule has 0 saturated heterocycles. The maximum Gasteiger partial charge on any atom is 0.119 e. The van der Waals surface area contributed by atoms with E-state index in [0.29, 0.717) is 0 Å². The highest BCUT2D eigenvalue weighted by molar-refractivity contribution is 5.93. The zero-order valence-corrected chi connectivity index (χ0v) is 12.9. The third kappa shape index (κ3) is 3.59. The van der Waals surface area contributed by atoms with Crippen molar-refractivity contribution in [3.8, 4) is 5.75 Å². The second kappa shape index (κ2) is 6.99. The Kier molecular flexibility index (Phi) is 4.59. The molecule has 2 nitrogen and oxygen atoms in total. The van der Waals surface area contributed by atoms with Gasteiger partial charge in [0.2, 0.25) is 0 Å². The van der Waals surface area contributed by atoms with Gasteiger partial charge in [0, 0.05) is 17.6 Å². The Hall–Kier alpha value is -2.48. The molecule has 112 valence electrons. The summed E-state index contributed by atoms with van der Waals surface area (Å²) in [6.07, 6.45) is 0.969. The first kappa shape index (κ1) is 14.5. The van der Waals surface area contributed by atoms with Crippen molar-refractivity contribution in [3.63, 3.8) is 0 Å². The maximum atomic E-state index is 5.75. The molecule has 0 bridgehead atoms. The molecule has 0 aliphatic rings. The Morgan fingerprint density at radius 1 is 0.864 bits per heavy atom. The molecule has 0 fully saturated rings. The van der Waals surface area contributed by atoms with E-state index in [1.165, 1.54) is 22.0 Å². The number of nitrogens with one attached hydrogen (secondary N) is 1. The Morgan fingerprint density at radius 3 is 2.50 bits per heavy atom. The number of hydrogen-bond acceptors (Lipinski definition) is 2. The quantitative estimate of drug-likeness (QED) is 0.643. The van der Waals surface area contributed by atoms with Crippen LogP contribution < -0.4 is 10.1 Å². The Balaban J connectivity index is 1.49. The Bertz CT molecular complexity index is 729. The van der Waals surface area contributed by atoms with Crippen LogP contribution in [0.1, 0.15) is 12.0 Å². The SMILES string of the molecule is Cc1ccc(OCCCNc2cccc3ccccc23)cc1. The van der Waals surface area contributed by atoms with Gasteiger partial charge in [0.05, 0.1) is 6.61 Å². The fourth-order valence-corrected chi connectivity index (χ4v) is 2.50. The Morgan fingerprint density at radius 2 is 1.64 bits per heavy atom. The molecule has 0 aliphatic heterocycles. The third-order valence-corrected chi connectivity index (χ3v) is 3.72. The monoisotopic (exact) mass is 291 g/mol. The summed E-state index contributed by atoms with van der Waals surface area (Å²) in [4.78, 5) is 0. The lowest BCUT2D eigenvalue weighted by Crippen LogP contribution is -2.07. The zero-order chi connectivity index (χ0) is 15.2. The summed E-state index contributed by atoms with van der Waals surface area (Å²) in [6, 6.07) is 23.0. The summed E-state index contributed by atoms with van der Waals surface area (Å²) < 4.78 is 5.75. The van der Waals surface area contributed by atoms with Crippen molar-refractivity contribution in [2.24, 2.45) is 0 Å². The number of hydrogen-bond donors (Lipinski definition) is 1. The van der Waals surface area contributed by atoms with E-state index in [2.05, 4.69) is 66.8 Å². The molecular formula is C20H21NO. The lowest BCUT2D eigenvalue weighted by Gasteiger charge is -2.10. The number of ether oxygens (including phenoxy) is 1. The van der Waals surface area contributed by atoms with Gasteiger partial charge >= 0.3 is 0 Å². The predicted octanol–water partition coefficient (Wildman–Crippen LogP) is 5.03. The minimum absolute atomic E-state index is 0.723. The van der Waals surface area contributed by atoms with E-state index >= 15 is 0 Å². The molecule has 0 atom stereocenters. The molecule has 3 aromatic carbocycles. The van der Waals surface area contributed by atoms with Gasteiger partial charge in [-0.2, -0.15) is 0 Å². The number of benzene rings is 3. The minimum atomic E-state index is 0.723. The normalized spacial score (nSPS) is 10.6.